The first-order valence-corrected chi connectivity index (χ1v) is 10.3. The van der Waals surface area contributed by atoms with E-state index in [4.69, 9.17) is 12.2 Å². The van der Waals surface area contributed by atoms with Gasteiger partial charge in [-0.3, -0.25) is 14.5 Å². The fraction of sp³-hybridized carbons (Fsp3) is 0.0556. The molecule has 0 radical (unpaired) electrons. The van der Waals surface area contributed by atoms with E-state index in [9.17, 15) is 9.59 Å². The van der Waals surface area contributed by atoms with Crippen molar-refractivity contribution in [2.75, 3.05) is 16.8 Å². The van der Waals surface area contributed by atoms with Gasteiger partial charge in [0.1, 0.15) is 0 Å². The van der Waals surface area contributed by atoms with Crippen molar-refractivity contribution in [3.05, 3.63) is 61.9 Å². The van der Waals surface area contributed by atoms with Crippen molar-refractivity contribution in [3.63, 3.8) is 0 Å². The van der Waals surface area contributed by atoms with Crippen molar-refractivity contribution < 1.29 is 9.59 Å². The second kappa shape index (κ2) is 6.60. The molecule has 26 heavy (non-hydrogen) atoms. The number of nitrogens with zero attached hydrogens (tertiary/aromatic N) is 2. The summed E-state index contributed by atoms with van der Waals surface area (Å²) in [6, 6.07) is 12.9. The third-order valence-electron chi connectivity index (χ3n) is 4.19. The number of rotatable bonds is 1. The number of thiocarbonyl (C=S) groups is 1. The summed E-state index contributed by atoms with van der Waals surface area (Å²) in [5, 5.41) is 0. The predicted octanol–water partition coefficient (Wildman–Crippen LogP) is 4.96. The van der Waals surface area contributed by atoms with E-state index in [1.807, 2.05) is 42.5 Å². The zero-order chi connectivity index (χ0) is 18.6. The molecule has 0 unspecified atom stereocenters. The number of carbonyl (C=O) groups excluding carboxylic acids is 2. The van der Waals surface area contributed by atoms with Gasteiger partial charge in [0, 0.05) is 21.6 Å². The molecule has 0 saturated carbocycles. The molecule has 2 amide bonds. The van der Waals surface area contributed by atoms with E-state index in [1.165, 1.54) is 16.7 Å². The van der Waals surface area contributed by atoms with Crippen LogP contribution in [0.25, 0.3) is 5.57 Å². The van der Waals surface area contributed by atoms with Crippen LogP contribution in [0.3, 0.4) is 0 Å². The lowest BCUT2D eigenvalue weighted by Crippen LogP contribution is -2.28. The molecule has 1 fully saturated rings. The first kappa shape index (κ1) is 17.9. The third-order valence-corrected chi connectivity index (χ3v) is 6.58. The molecule has 2 aliphatic rings. The summed E-state index contributed by atoms with van der Waals surface area (Å²) >= 11 is 13.4. The number of hydrogen-bond donors (Lipinski definition) is 0. The number of benzene rings is 2. The molecule has 2 aromatic carbocycles. The minimum atomic E-state index is -0.271. The van der Waals surface area contributed by atoms with Crippen LogP contribution in [0.1, 0.15) is 5.56 Å². The van der Waals surface area contributed by atoms with E-state index in [0.717, 1.165) is 20.2 Å². The van der Waals surface area contributed by atoms with Gasteiger partial charge in [-0.25, -0.2) is 0 Å². The maximum Gasteiger partial charge on any atom is 0.271 e. The smallest absolute Gasteiger partial charge is 0.271 e. The Balaban J connectivity index is 1.85. The van der Waals surface area contributed by atoms with Crippen molar-refractivity contribution in [2.45, 2.75) is 0 Å². The van der Waals surface area contributed by atoms with Crippen LogP contribution in [0.5, 0.6) is 0 Å². The summed E-state index contributed by atoms with van der Waals surface area (Å²) in [7, 11) is 1.71. The van der Waals surface area contributed by atoms with Crippen LogP contribution in [0, 0.1) is 0 Å². The van der Waals surface area contributed by atoms with Crippen molar-refractivity contribution >= 4 is 88.9 Å². The summed E-state index contributed by atoms with van der Waals surface area (Å²) in [6.45, 7) is 0. The van der Waals surface area contributed by atoms with Gasteiger partial charge < -0.3 is 4.90 Å². The zero-order valence-corrected chi connectivity index (χ0v) is 18.1. The van der Waals surface area contributed by atoms with Crippen molar-refractivity contribution in [1.29, 1.82) is 0 Å². The van der Waals surface area contributed by atoms with E-state index >= 15 is 0 Å². The Morgan fingerprint density at radius 1 is 0.962 bits per heavy atom. The quantitative estimate of drug-likeness (QED) is 0.402. The van der Waals surface area contributed by atoms with Crippen LogP contribution >= 0.6 is 55.8 Å². The van der Waals surface area contributed by atoms with Gasteiger partial charge in [0.05, 0.1) is 21.9 Å². The second-order valence-electron chi connectivity index (χ2n) is 5.71. The summed E-state index contributed by atoms with van der Waals surface area (Å²) in [6.07, 6.45) is 0. The molecule has 4 nitrogen and oxygen atoms in total. The van der Waals surface area contributed by atoms with E-state index < -0.39 is 0 Å². The highest BCUT2D eigenvalue weighted by Crippen LogP contribution is 2.45. The number of fused-ring (bicyclic) bond motifs is 1. The monoisotopic (exact) mass is 508 g/mol. The molecule has 0 N–H and O–H groups in total. The summed E-state index contributed by atoms with van der Waals surface area (Å²) in [5.74, 6) is -0.471. The standard InChI is InChI=1S/C18H10Br2N2O2S2/c1-21-13-7-4-10(20)8-12(13)14(16(21)23)15-17(24)22(18(25)26-15)11-5-2-9(19)3-6-11/h2-8H,1H3. The molecule has 2 aromatic rings. The minimum Gasteiger partial charge on any atom is -0.311 e. The number of hydrogen-bond acceptors (Lipinski definition) is 4. The van der Waals surface area contributed by atoms with Gasteiger partial charge in [0.25, 0.3) is 11.8 Å². The van der Waals surface area contributed by atoms with Crippen LogP contribution in [0.15, 0.2) is 56.3 Å². The Bertz CT molecular complexity index is 1020. The van der Waals surface area contributed by atoms with Crippen LogP contribution in [0.4, 0.5) is 11.4 Å². The molecule has 0 bridgehead atoms. The number of amides is 2. The van der Waals surface area contributed by atoms with E-state index in [2.05, 4.69) is 31.9 Å². The molecular weight excluding hydrogens is 500 g/mol. The molecule has 1 saturated heterocycles. The van der Waals surface area contributed by atoms with E-state index in [1.54, 1.807) is 11.9 Å². The number of halogens is 2. The van der Waals surface area contributed by atoms with Crippen LogP contribution in [-0.4, -0.2) is 23.2 Å². The summed E-state index contributed by atoms with van der Waals surface area (Å²) < 4.78 is 2.18. The molecule has 4 rings (SSSR count). The zero-order valence-electron chi connectivity index (χ0n) is 13.3. The minimum absolute atomic E-state index is 0.200. The highest BCUT2D eigenvalue weighted by molar-refractivity contribution is 9.10. The van der Waals surface area contributed by atoms with Crippen molar-refractivity contribution in [3.8, 4) is 0 Å². The van der Waals surface area contributed by atoms with Crippen LogP contribution in [-0.2, 0) is 9.59 Å². The number of thioether (sulfide) groups is 1. The number of anilines is 2. The summed E-state index contributed by atoms with van der Waals surface area (Å²) in [5.41, 5.74) is 2.60. The first-order valence-electron chi connectivity index (χ1n) is 7.52. The molecule has 0 atom stereocenters. The topological polar surface area (TPSA) is 40.6 Å². The van der Waals surface area contributed by atoms with Gasteiger partial charge in [-0.05, 0) is 42.5 Å². The second-order valence-corrected chi connectivity index (χ2v) is 9.19. The average Bonchev–Trinajstić information content (AvgIpc) is 3.02. The average molecular weight is 510 g/mol. The van der Waals surface area contributed by atoms with E-state index in [0.29, 0.717) is 20.5 Å². The fourth-order valence-corrected chi connectivity index (χ4v) is 4.94. The molecule has 0 aliphatic carbocycles. The molecule has 0 spiro atoms. The first-order chi connectivity index (χ1) is 12.4. The molecular formula is C18H10Br2N2O2S2. The Hall–Kier alpha value is -1.48. The molecule has 2 aliphatic heterocycles. The van der Waals surface area contributed by atoms with E-state index in [-0.39, 0.29) is 11.8 Å². The lowest BCUT2D eigenvalue weighted by molar-refractivity contribution is -0.115. The fourth-order valence-electron chi connectivity index (χ4n) is 2.94. The maximum atomic E-state index is 13.1. The molecule has 130 valence electrons. The van der Waals surface area contributed by atoms with Gasteiger partial charge in [-0.15, -0.1) is 0 Å². The SMILES string of the molecule is CN1C(=O)C(=C2SC(=S)N(c3ccc(Br)cc3)C2=O)c2cc(Br)ccc21. The maximum absolute atomic E-state index is 13.1. The normalized spacial score (nSPS) is 19.6. The highest BCUT2D eigenvalue weighted by atomic mass is 79.9. The lowest BCUT2D eigenvalue weighted by Gasteiger charge is -2.14. The van der Waals surface area contributed by atoms with Gasteiger partial charge in [-0.2, -0.15) is 0 Å². The highest BCUT2D eigenvalue weighted by Gasteiger charge is 2.41. The number of likely N-dealkylation sites (N-methyl/N-ethyl adjacent to an activating group) is 1. The third kappa shape index (κ3) is 2.76. The predicted molar refractivity (Wildman–Crippen MR) is 116 cm³/mol. The van der Waals surface area contributed by atoms with Gasteiger partial charge >= 0.3 is 0 Å². The Morgan fingerprint density at radius 3 is 2.31 bits per heavy atom. The molecule has 8 heteroatoms. The van der Waals surface area contributed by atoms with Gasteiger partial charge in [-0.1, -0.05) is 55.8 Å². The van der Waals surface area contributed by atoms with Gasteiger partial charge in [0.15, 0.2) is 4.32 Å². The van der Waals surface area contributed by atoms with Gasteiger partial charge in [0.2, 0.25) is 0 Å². The van der Waals surface area contributed by atoms with Crippen LogP contribution in [0.2, 0.25) is 0 Å². The van der Waals surface area contributed by atoms with Crippen molar-refractivity contribution in [1.82, 2.24) is 0 Å². The Labute approximate surface area is 176 Å². The summed E-state index contributed by atoms with van der Waals surface area (Å²) in [4.78, 5) is 29.3. The molecule has 2 heterocycles. The Morgan fingerprint density at radius 2 is 1.62 bits per heavy atom. The largest absolute Gasteiger partial charge is 0.311 e. The Kier molecular flexibility index (Phi) is 4.54. The van der Waals surface area contributed by atoms with Crippen molar-refractivity contribution in [2.24, 2.45) is 0 Å². The van der Waals surface area contributed by atoms with Crippen LogP contribution < -0.4 is 9.80 Å². The molecule has 0 aromatic heterocycles. The number of carbonyl (C=O) groups is 2. The lowest BCUT2D eigenvalue weighted by atomic mass is 10.1.